The molecule has 6 rings (SSSR count). The van der Waals surface area contributed by atoms with Crippen molar-refractivity contribution in [2.75, 3.05) is 11.9 Å². The minimum Gasteiger partial charge on any atom is -0.507 e. The van der Waals surface area contributed by atoms with Crippen LogP contribution in [0.15, 0.2) is 88.8 Å². The second-order valence-electron chi connectivity index (χ2n) is 9.39. The number of likely N-dealkylation sites (N-methyl/N-ethyl adjacent to an activating group) is 1. The number of nitrogens with zero attached hydrogens (tertiary/aromatic N) is 3. The number of phenolic OH excluding ortho intramolecular Hbond substituents is 1. The number of benzene rings is 4. The van der Waals surface area contributed by atoms with E-state index in [2.05, 4.69) is 61.1 Å². The summed E-state index contributed by atoms with van der Waals surface area (Å²) in [5.74, 6) is 0.983. The van der Waals surface area contributed by atoms with Crippen molar-refractivity contribution in [3.8, 4) is 11.5 Å². The van der Waals surface area contributed by atoms with Crippen LogP contribution in [0.2, 0.25) is 0 Å². The van der Waals surface area contributed by atoms with Gasteiger partial charge in [0.1, 0.15) is 17.2 Å². The number of rotatable bonds is 2. The lowest BCUT2D eigenvalue weighted by Crippen LogP contribution is -2.61. The van der Waals surface area contributed by atoms with Crippen molar-refractivity contribution in [1.29, 1.82) is 0 Å². The Labute approximate surface area is 198 Å². The molecule has 0 saturated heterocycles. The Kier molecular flexibility index (Phi) is 4.33. The summed E-state index contributed by atoms with van der Waals surface area (Å²) in [5, 5.41) is 12.0. The van der Waals surface area contributed by atoms with Gasteiger partial charge in [0.15, 0.2) is 0 Å². The number of phenols is 1. The molecule has 0 aliphatic carbocycles. The molecule has 2 heterocycles. The second-order valence-corrected chi connectivity index (χ2v) is 9.39. The molecular weight excluding hydrogens is 422 g/mol. The average molecular weight is 448 g/mol. The lowest BCUT2D eigenvalue weighted by atomic mass is 9.77. The van der Waals surface area contributed by atoms with Crippen molar-refractivity contribution in [2.45, 2.75) is 25.0 Å². The number of aromatic hydroxyl groups is 1. The Morgan fingerprint density at radius 1 is 0.971 bits per heavy atom. The molecule has 0 amide bonds. The largest absolute Gasteiger partial charge is 0.507 e. The third-order valence-electron chi connectivity index (χ3n) is 7.19. The van der Waals surface area contributed by atoms with Gasteiger partial charge in [-0.15, -0.1) is 0 Å². The Balaban J connectivity index is 1.38. The smallest absolute Gasteiger partial charge is 0.228 e. The van der Waals surface area contributed by atoms with Gasteiger partial charge in [-0.2, -0.15) is 0 Å². The van der Waals surface area contributed by atoms with Crippen LogP contribution in [-0.2, 0) is 5.41 Å². The van der Waals surface area contributed by atoms with E-state index in [0.29, 0.717) is 5.56 Å². The van der Waals surface area contributed by atoms with E-state index in [9.17, 15) is 5.11 Å². The summed E-state index contributed by atoms with van der Waals surface area (Å²) in [4.78, 5) is 11.7. The molecule has 0 aromatic heterocycles. The molecule has 0 fully saturated rings. The normalized spacial score (nSPS) is 20.0. The van der Waals surface area contributed by atoms with Crippen molar-refractivity contribution < 1.29 is 9.84 Å². The van der Waals surface area contributed by atoms with Crippen molar-refractivity contribution in [1.82, 2.24) is 0 Å². The highest BCUT2D eigenvalue weighted by molar-refractivity contribution is 6.01. The van der Waals surface area contributed by atoms with Crippen LogP contribution in [0.5, 0.6) is 11.5 Å². The first kappa shape index (κ1) is 20.5. The summed E-state index contributed by atoms with van der Waals surface area (Å²) in [6, 6.07) is 25.7. The van der Waals surface area contributed by atoms with Gasteiger partial charge in [0, 0.05) is 29.9 Å². The second kappa shape index (κ2) is 7.19. The lowest BCUT2D eigenvalue weighted by Gasteiger charge is -2.45. The van der Waals surface area contributed by atoms with Gasteiger partial charge in [-0.25, -0.2) is 0 Å². The molecule has 1 unspecified atom stereocenters. The first-order chi connectivity index (χ1) is 16.4. The molecule has 2 aliphatic heterocycles. The van der Waals surface area contributed by atoms with Gasteiger partial charge in [-0.1, -0.05) is 36.4 Å². The molecule has 34 heavy (non-hydrogen) atoms. The minimum absolute atomic E-state index is 0.212. The topological polar surface area (TPSA) is 57.4 Å². The molecule has 4 aromatic rings. The van der Waals surface area contributed by atoms with Crippen molar-refractivity contribution >= 4 is 40.3 Å². The molecule has 0 radical (unpaired) electrons. The Bertz CT molecular complexity index is 1500. The molecular formula is C29H25N3O2. The summed E-state index contributed by atoms with van der Waals surface area (Å²) < 4.78 is 6.77. The van der Waals surface area contributed by atoms with Crippen LogP contribution in [0.4, 0.5) is 17.1 Å². The van der Waals surface area contributed by atoms with Gasteiger partial charge >= 0.3 is 0 Å². The fourth-order valence-corrected chi connectivity index (χ4v) is 5.19. The molecule has 5 heteroatoms. The van der Waals surface area contributed by atoms with Crippen LogP contribution < -0.4 is 9.64 Å². The molecule has 168 valence electrons. The molecule has 1 spiro atoms. The van der Waals surface area contributed by atoms with Gasteiger partial charge in [0.25, 0.3) is 0 Å². The van der Waals surface area contributed by atoms with Gasteiger partial charge < -0.3 is 14.7 Å². The van der Waals surface area contributed by atoms with E-state index in [0.717, 1.165) is 33.6 Å². The average Bonchev–Trinajstić information content (AvgIpc) is 3.01. The van der Waals surface area contributed by atoms with Gasteiger partial charge in [0.05, 0.1) is 17.3 Å². The third kappa shape index (κ3) is 2.80. The maximum atomic E-state index is 9.97. The Morgan fingerprint density at radius 3 is 2.59 bits per heavy atom. The highest BCUT2D eigenvalue weighted by Crippen LogP contribution is 2.54. The van der Waals surface area contributed by atoms with E-state index in [1.807, 2.05) is 42.6 Å². The lowest BCUT2D eigenvalue weighted by molar-refractivity contribution is 0.0826. The van der Waals surface area contributed by atoms with E-state index in [1.54, 1.807) is 18.3 Å². The molecule has 0 saturated carbocycles. The molecule has 1 N–H and O–H groups in total. The minimum atomic E-state index is -0.695. The number of hydrogen-bond donors (Lipinski definition) is 1. The van der Waals surface area contributed by atoms with E-state index >= 15 is 0 Å². The zero-order valence-electron chi connectivity index (χ0n) is 19.4. The van der Waals surface area contributed by atoms with Crippen LogP contribution in [0, 0.1) is 0 Å². The fraction of sp³-hybridized carbons (Fsp3) is 0.172. The maximum Gasteiger partial charge on any atom is 0.228 e. The zero-order chi connectivity index (χ0) is 23.5. The first-order valence-corrected chi connectivity index (χ1v) is 11.4. The van der Waals surface area contributed by atoms with Gasteiger partial charge in [0.2, 0.25) is 5.72 Å². The highest BCUT2D eigenvalue weighted by Gasteiger charge is 2.58. The molecule has 5 nitrogen and oxygen atoms in total. The number of fused-ring (bicyclic) bond motifs is 4. The molecule has 4 aromatic carbocycles. The summed E-state index contributed by atoms with van der Waals surface area (Å²) >= 11 is 0. The van der Waals surface area contributed by atoms with E-state index in [4.69, 9.17) is 9.73 Å². The predicted molar refractivity (Wildman–Crippen MR) is 139 cm³/mol. The fourth-order valence-electron chi connectivity index (χ4n) is 5.19. The number of anilines is 1. The van der Waals surface area contributed by atoms with E-state index in [1.165, 1.54) is 5.56 Å². The quantitative estimate of drug-likeness (QED) is 0.356. The summed E-state index contributed by atoms with van der Waals surface area (Å²) in [7, 11) is 2.07. The third-order valence-corrected chi connectivity index (χ3v) is 7.19. The number of ether oxygens (including phenoxy) is 1. The highest BCUT2D eigenvalue weighted by atomic mass is 16.5. The van der Waals surface area contributed by atoms with Crippen LogP contribution in [0.3, 0.4) is 0 Å². The predicted octanol–water partition coefficient (Wildman–Crippen LogP) is 6.51. The maximum absolute atomic E-state index is 9.97. The summed E-state index contributed by atoms with van der Waals surface area (Å²) in [6.07, 6.45) is 3.63. The van der Waals surface area contributed by atoms with Crippen molar-refractivity contribution in [3.05, 3.63) is 90.0 Å². The summed E-state index contributed by atoms with van der Waals surface area (Å²) in [6.45, 7) is 4.42. The summed E-state index contributed by atoms with van der Waals surface area (Å²) in [5.41, 5.74) is 3.76. The number of para-hydroxylation sites is 2. The van der Waals surface area contributed by atoms with Gasteiger partial charge in [-0.3, -0.25) is 9.98 Å². The van der Waals surface area contributed by atoms with Crippen LogP contribution in [0.1, 0.15) is 25.0 Å². The van der Waals surface area contributed by atoms with Crippen LogP contribution in [0.25, 0.3) is 10.8 Å². The standard InChI is InChI=1S/C29H25N3O2/c1-28(2)23-9-5-6-10-24(23)32(3)29(28)18-31-27-22-14-13-21(16-19(22)12-15-26(27)34-29)30-17-20-8-4-7-11-25(20)33/h4-18,33H,1-3H3. The molecule has 2 aliphatic rings. The van der Waals surface area contributed by atoms with Crippen LogP contribution in [-0.4, -0.2) is 30.3 Å². The first-order valence-electron chi connectivity index (χ1n) is 11.4. The van der Waals surface area contributed by atoms with Crippen molar-refractivity contribution in [2.24, 2.45) is 9.98 Å². The van der Waals surface area contributed by atoms with Crippen molar-refractivity contribution in [3.63, 3.8) is 0 Å². The number of aliphatic imine (C=N–C) groups is 2. The Hall–Kier alpha value is -4.12. The zero-order valence-corrected chi connectivity index (χ0v) is 19.4. The number of hydrogen-bond acceptors (Lipinski definition) is 5. The molecule has 1 atom stereocenters. The van der Waals surface area contributed by atoms with Gasteiger partial charge in [-0.05, 0) is 67.3 Å². The monoisotopic (exact) mass is 447 g/mol. The molecule has 0 bridgehead atoms. The Morgan fingerprint density at radius 2 is 1.76 bits per heavy atom. The van der Waals surface area contributed by atoms with E-state index in [-0.39, 0.29) is 11.2 Å². The SMILES string of the molecule is CN1c2ccccc2C(C)(C)C12C=Nc1c(ccc3cc(N=Cc4ccccc4O)ccc13)O2. The van der Waals surface area contributed by atoms with E-state index < -0.39 is 5.72 Å². The van der Waals surface area contributed by atoms with Crippen LogP contribution >= 0.6 is 0 Å².